The number of carboxylic acids is 1. The first-order chi connectivity index (χ1) is 19.1. The van der Waals surface area contributed by atoms with Crippen molar-refractivity contribution in [1.29, 1.82) is 0 Å². The van der Waals surface area contributed by atoms with Gasteiger partial charge >= 0.3 is 5.97 Å². The highest BCUT2D eigenvalue weighted by Gasteiger charge is 2.57. The van der Waals surface area contributed by atoms with Gasteiger partial charge in [0, 0.05) is 0 Å². The van der Waals surface area contributed by atoms with Gasteiger partial charge in [-0.25, -0.2) is 4.79 Å². The van der Waals surface area contributed by atoms with E-state index in [1.54, 1.807) is 6.92 Å². The number of aliphatic hydroxyl groups is 5. The number of carboxylic acid groups (broad SMARTS) is 1. The Balaban J connectivity index is 1.39. The van der Waals surface area contributed by atoms with E-state index >= 15 is 0 Å². The monoisotopic (exact) mass is 576 g/mol. The van der Waals surface area contributed by atoms with Gasteiger partial charge < -0.3 is 59.1 Å². The van der Waals surface area contributed by atoms with Gasteiger partial charge in [-0.05, 0) is 51.4 Å². The fraction of sp³-hybridized carbons (Fsp3) is 0.963. The van der Waals surface area contributed by atoms with E-state index in [-0.39, 0.29) is 12.3 Å². The molecule has 0 bridgehead atoms. The van der Waals surface area contributed by atoms with E-state index in [1.807, 2.05) is 6.92 Å². The van der Waals surface area contributed by atoms with E-state index in [4.69, 9.17) is 28.4 Å². The fourth-order valence-electron chi connectivity index (χ4n) is 6.57. The molecule has 3 saturated heterocycles. The van der Waals surface area contributed by atoms with Crippen LogP contribution in [0.3, 0.4) is 0 Å². The summed E-state index contributed by atoms with van der Waals surface area (Å²) in [6.45, 7) is 3.06. The molecule has 13 nitrogen and oxygen atoms in total. The number of hydrogen-bond donors (Lipinski definition) is 6. The standard InChI is InChI=1S/C27H44O13/c1-3-13-5-4-6-14(21(13)39-25-20(32)19(31)17(29)12(2)35-25)37-26-23-22(18(30)16(11-28)38-26)36-15(24(33)34)7-8-27(40-23)9-10-27/h12-23,25-26,28-32H,3-11H2,1-2H3,(H,33,34)/t12?,13-,14-,15-,16?,17-,18+,19?,20+,21?,22?,23?,25+,26-/m1/s1. The molecule has 2 aliphatic carbocycles. The highest BCUT2D eigenvalue weighted by molar-refractivity contribution is 5.72. The number of rotatable bonds is 7. The molecule has 3 heterocycles. The first-order valence-corrected chi connectivity index (χ1v) is 14.6. The third kappa shape index (κ3) is 6.06. The molecule has 1 spiro atoms. The SMILES string of the molecule is CC[C@@H]1CCC[C@@H](O[C@@H]2OC(CO)[C@H](O)C3O[C@@H](C(=O)O)CCC4(CC4)OC32)C1O[C@@H]1OC(C)[C@@H](O)C(O)[C@@H]1O. The van der Waals surface area contributed by atoms with Crippen molar-refractivity contribution in [3.05, 3.63) is 0 Å². The van der Waals surface area contributed by atoms with Gasteiger partial charge in [0.05, 0.1) is 30.5 Å². The average molecular weight is 577 g/mol. The number of hydrogen-bond acceptors (Lipinski definition) is 12. The average Bonchev–Trinajstić information content (AvgIpc) is 3.70. The van der Waals surface area contributed by atoms with Crippen LogP contribution in [-0.2, 0) is 33.2 Å². The summed E-state index contributed by atoms with van der Waals surface area (Å²) in [6.07, 6.45) is -8.87. The van der Waals surface area contributed by atoms with Crippen molar-refractivity contribution >= 4 is 5.97 Å². The first kappa shape index (κ1) is 30.5. The van der Waals surface area contributed by atoms with Crippen molar-refractivity contribution in [2.24, 2.45) is 5.92 Å². The quantitative estimate of drug-likeness (QED) is 0.226. The summed E-state index contributed by atoms with van der Waals surface area (Å²) in [5.74, 6) is -1.11. The van der Waals surface area contributed by atoms with Crippen LogP contribution in [0.4, 0.5) is 0 Å². The Bertz CT molecular complexity index is 869. The molecular formula is C27H44O13. The van der Waals surface area contributed by atoms with Crippen molar-refractivity contribution in [3.8, 4) is 0 Å². The molecule has 5 rings (SSSR count). The van der Waals surface area contributed by atoms with Crippen molar-refractivity contribution < 1.29 is 63.9 Å². The van der Waals surface area contributed by atoms with Crippen LogP contribution in [0.1, 0.15) is 65.2 Å². The first-order valence-electron chi connectivity index (χ1n) is 14.6. The lowest BCUT2D eigenvalue weighted by Crippen LogP contribution is -2.64. The molecule has 6 unspecified atom stereocenters. The summed E-state index contributed by atoms with van der Waals surface area (Å²) in [5.41, 5.74) is -0.543. The van der Waals surface area contributed by atoms with E-state index in [1.165, 1.54) is 0 Å². The number of aliphatic hydroxyl groups excluding tert-OH is 5. The van der Waals surface area contributed by atoms with Crippen LogP contribution in [0.25, 0.3) is 0 Å². The molecule has 0 amide bonds. The Labute approximate surface area is 233 Å². The summed E-state index contributed by atoms with van der Waals surface area (Å²) >= 11 is 0. The Morgan fingerprint density at radius 2 is 1.62 bits per heavy atom. The largest absolute Gasteiger partial charge is 0.479 e. The molecule has 13 heteroatoms. The molecule has 3 aliphatic heterocycles. The third-order valence-corrected chi connectivity index (χ3v) is 9.28. The summed E-state index contributed by atoms with van der Waals surface area (Å²) < 4.78 is 36.9. The lowest BCUT2D eigenvalue weighted by molar-refractivity contribution is -0.360. The lowest BCUT2D eigenvalue weighted by Gasteiger charge is -2.49. The predicted octanol–water partition coefficient (Wildman–Crippen LogP) is -0.577. The van der Waals surface area contributed by atoms with Crippen molar-refractivity contribution in [2.45, 2.75) is 151 Å². The second-order valence-electron chi connectivity index (χ2n) is 12.0. The second kappa shape index (κ2) is 12.3. The minimum absolute atomic E-state index is 0.0214. The molecule has 6 N–H and O–H groups in total. The van der Waals surface area contributed by atoms with E-state index in [0.29, 0.717) is 12.8 Å². The zero-order valence-electron chi connectivity index (χ0n) is 23.0. The van der Waals surface area contributed by atoms with E-state index < -0.39 is 97.9 Å². The van der Waals surface area contributed by atoms with Gasteiger partial charge in [0.15, 0.2) is 18.7 Å². The van der Waals surface area contributed by atoms with Gasteiger partial charge in [-0.1, -0.05) is 19.8 Å². The van der Waals surface area contributed by atoms with Crippen LogP contribution in [0.15, 0.2) is 0 Å². The summed E-state index contributed by atoms with van der Waals surface area (Å²) in [5, 5.41) is 61.7. The molecule has 0 aromatic rings. The number of carbonyl (C=O) groups is 1. The van der Waals surface area contributed by atoms with E-state index in [0.717, 1.165) is 32.1 Å². The number of aliphatic carboxylic acids is 1. The third-order valence-electron chi connectivity index (χ3n) is 9.28. The van der Waals surface area contributed by atoms with Crippen LogP contribution >= 0.6 is 0 Å². The smallest absolute Gasteiger partial charge is 0.332 e. The Morgan fingerprint density at radius 3 is 2.27 bits per heavy atom. The molecule has 230 valence electrons. The van der Waals surface area contributed by atoms with Gasteiger partial charge in [0.2, 0.25) is 0 Å². The van der Waals surface area contributed by atoms with Crippen LogP contribution in [0.5, 0.6) is 0 Å². The van der Waals surface area contributed by atoms with Gasteiger partial charge in [-0.15, -0.1) is 0 Å². The van der Waals surface area contributed by atoms with Crippen LogP contribution < -0.4 is 0 Å². The van der Waals surface area contributed by atoms with Crippen LogP contribution in [0.2, 0.25) is 0 Å². The van der Waals surface area contributed by atoms with Crippen molar-refractivity contribution in [3.63, 3.8) is 0 Å². The van der Waals surface area contributed by atoms with Gasteiger partial charge in [-0.3, -0.25) is 0 Å². The number of fused-ring (bicyclic) bond motifs is 1. The highest BCUT2D eigenvalue weighted by Crippen LogP contribution is 2.49. The van der Waals surface area contributed by atoms with Gasteiger partial charge in [0.1, 0.15) is 42.7 Å². The second-order valence-corrected chi connectivity index (χ2v) is 12.0. The predicted molar refractivity (Wildman–Crippen MR) is 134 cm³/mol. The topological polar surface area (TPSA) is 194 Å². The maximum absolute atomic E-state index is 11.9. The zero-order valence-corrected chi connectivity index (χ0v) is 23.0. The zero-order chi connectivity index (χ0) is 28.8. The summed E-state index contributed by atoms with van der Waals surface area (Å²) in [7, 11) is 0. The van der Waals surface area contributed by atoms with Crippen molar-refractivity contribution in [2.75, 3.05) is 6.61 Å². The molecule has 5 fully saturated rings. The molecular weight excluding hydrogens is 532 g/mol. The highest BCUT2D eigenvalue weighted by atomic mass is 16.7. The molecule has 14 atom stereocenters. The molecule has 40 heavy (non-hydrogen) atoms. The van der Waals surface area contributed by atoms with Gasteiger partial charge in [0.25, 0.3) is 0 Å². The Kier molecular flexibility index (Phi) is 9.40. The van der Waals surface area contributed by atoms with E-state index in [9.17, 15) is 35.4 Å². The number of ether oxygens (including phenoxy) is 6. The fourth-order valence-corrected chi connectivity index (χ4v) is 6.57. The molecule has 0 aromatic heterocycles. The normalized spacial score (nSPS) is 49.1. The van der Waals surface area contributed by atoms with Gasteiger partial charge in [-0.2, -0.15) is 0 Å². The maximum Gasteiger partial charge on any atom is 0.332 e. The molecule has 0 aromatic carbocycles. The van der Waals surface area contributed by atoms with Crippen LogP contribution in [0, 0.1) is 5.92 Å². The van der Waals surface area contributed by atoms with Crippen molar-refractivity contribution in [1.82, 2.24) is 0 Å². The summed E-state index contributed by atoms with van der Waals surface area (Å²) in [6, 6.07) is 0. The van der Waals surface area contributed by atoms with Crippen LogP contribution in [-0.4, -0.2) is 129 Å². The molecule has 0 radical (unpaired) electrons. The Hall–Kier alpha value is -0.970. The van der Waals surface area contributed by atoms with E-state index in [2.05, 4.69) is 0 Å². The maximum atomic E-state index is 11.9. The minimum Gasteiger partial charge on any atom is -0.479 e. The molecule has 2 saturated carbocycles. The molecule has 5 aliphatic rings. The lowest BCUT2D eigenvalue weighted by atomic mass is 9.82. The summed E-state index contributed by atoms with van der Waals surface area (Å²) in [4.78, 5) is 11.9. The minimum atomic E-state index is -1.47. The Morgan fingerprint density at radius 1 is 0.875 bits per heavy atom.